The van der Waals surface area contributed by atoms with Crippen molar-refractivity contribution < 1.29 is 0 Å². The zero-order valence-electron chi connectivity index (χ0n) is 10.6. The van der Waals surface area contributed by atoms with Gasteiger partial charge in [-0.1, -0.05) is 33.6 Å². The molecule has 0 amide bonds. The molecular formula is C13H27NS. The molecule has 90 valence electrons. The molecule has 0 aromatic rings. The van der Waals surface area contributed by atoms with Crippen molar-refractivity contribution in [1.82, 2.24) is 5.32 Å². The molecular weight excluding hydrogens is 202 g/mol. The van der Waals surface area contributed by atoms with Gasteiger partial charge in [-0.3, -0.25) is 0 Å². The Kier molecular flexibility index (Phi) is 6.06. The lowest BCUT2D eigenvalue weighted by Gasteiger charge is -2.18. The van der Waals surface area contributed by atoms with Gasteiger partial charge in [-0.25, -0.2) is 0 Å². The zero-order valence-corrected chi connectivity index (χ0v) is 11.5. The normalized spacial score (nSPS) is 18.6. The summed E-state index contributed by atoms with van der Waals surface area (Å²) in [7, 11) is 0. The summed E-state index contributed by atoms with van der Waals surface area (Å²) in [5.41, 5.74) is 0.478. The van der Waals surface area contributed by atoms with E-state index in [0.29, 0.717) is 5.41 Å². The van der Waals surface area contributed by atoms with Gasteiger partial charge in [0.15, 0.2) is 0 Å². The molecule has 1 aliphatic rings. The summed E-state index contributed by atoms with van der Waals surface area (Å²) in [5, 5.41) is 4.53. The quantitative estimate of drug-likeness (QED) is 0.697. The van der Waals surface area contributed by atoms with E-state index >= 15 is 0 Å². The van der Waals surface area contributed by atoms with Crippen LogP contribution in [0.3, 0.4) is 0 Å². The Hall–Kier alpha value is 0.310. The van der Waals surface area contributed by atoms with Gasteiger partial charge in [-0.2, -0.15) is 11.8 Å². The number of nitrogens with one attached hydrogen (secondary N) is 1. The zero-order chi connectivity index (χ0) is 11.1. The molecule has 1 rings (SSSR count). The number of hydrogen-bond acceptors (Lipinski definition) is 2. The maximum atomic E-state index is 3.55. The summed E-state index contributed by atoms with van der Waals surface area (Å²) >= 11 is 2.18. The van der Waals surface area contributed by atoms with Crippen LogP contribution in [0.4, 0.5) is 0 Å². The van der Waals surface area contributed by atoms with Gasteiger partial charge in [0.25, 0.3) is 0 Å². The van der Waals surface area contributed by atoms with E-state index in [1.807, 2.05) is 0 Å². The lowest BCUT2D eigenvalue weighted by Crippen LogP contribution is -2.23. The first-order valence-corrected chi connectivity index (χ1v) is 7.45. The molecule has 0 atom stereocenters. The van der Waals surface area contributed by atoms with Crippen LogP contribution in [-0.2, 0) is 0 Å². The Balaban J connectivity index is 1.84. The van der Waals surface area contributed by atoms with Gasteiger partial charge >= 0.3 is 0 Å². The van der Waals surface area contributed by atoms with E-state index in [0.717, 1.165) is 5.25 Å². The minimum absolute atomic E-state index is 0.478. The monoisotopic (exact) mass is 229 g/mol. The smallest absolute Gasteiger partial charge is 0.00608 e. The molecule has 1 nitrogen and oxygen atoms in total. The average molecular weight is 229 g/mol. The van der Waals surface area contributed by atoms with E-state index in [-0.39, 0.29) is 0 Å². The summed E-state index contributed by atoms with van der Waals surface area (Å²) in [5.74, 6) is 1.30. The van der Waals surface area contributed by atoms with Crippen LogP contribution in [0.15, 0.2) is 0 Å². The van der Waals surface area contributed by atoms with Crippen molar-refractivity contribution in [3.8, 4) is 0 Å². The van der Waals surface area contributed by atoms with Crippen LogP contribution in [0, 0.1) is 5.41 Å². The van der Waals surface area contributed by atoms with Crippen LogP contribution in [0.25, 0.3) is 0 Å². The first kappa shape index (κ1) is 13.4. The van der Waals surface area contributed by atoms with Gasteiger partial charge in [-0.15, -0.1) is 0 Å². The maximum Gasteiger partial charge on any atom is 0.00608 e. The molecule has 2 heteroatoms. The molecule has 0 radical (unpaired) electrons. The highest BCUT2D eigenvalue weighted by Gasteiger charge is 2.14. The van der Waals surface area contributed by atoms with Gasteiger partial charge < -0.3 is 5.32 Å². The number of hydrogen-bond donors (Lipinski definition) is 1. The van der Waals surface area contributed by atoms with Crippen molar-refractivity contribution in [2.75, 3.05) is 18.8 Å². The van der Waals surface area contributed by atoms with Crippen molar-refractivity contribution in [2.45, 2.75) is 58.1 Å². The van der Waals surface area contributed by atoms with E-state index in [9.17, 15) is 0 Å². The van der Waals surface area contributed by atoms with Crippen molar-refractivity contribution in [2.24, 2.45) is 5.41 Å². The SMILES string of the molecule is CC(C)(C)CCNCCSC1CCCC1. The molecule has 1 saturated carbocycles. The van der Waals surface area contributed by atoms with E-state index in [2.05, 4.69) is 37.8 Å². The summed E-state index contributed by atoms with van der Waals surface area (Å²) in [6.07, 6.45) is 7.14. The van der Waals surface area contributed by atoms with Crippen LogP contribution in [0.2, 0.25) is 0 Å². The standard InChI is InChI=1S/C13H27NS/c1-13(2,3)8-9-14-10-11-15-12-6-4-5-7-12/h12,14H,4-11H2,1-3H3. The van der Waals surface area contributed by atoms with Crippen molar-refractivity contribution in [3.63, 3.8) is 0 Å². The molecule has 0 spiro atoms. The lowest BCUT2D eigenvalue weighted by atomic mass is 9.92. The van der Waals surface area contributed by atoms with E-state index in [4.69, 9.17) is 0 Å². The Bertz CT molecular complexity index is 156. The van der Waals surface area contributed by atoms with Crippen LogP contribution >= 0.6 is 11.8 Å². The second kappa shape index (κ2) is 6.80. The van der Waals surface area contributed by atoms with E-state index in [1.54, 1.807) is 0 Å². The topological polar surface area (TPSA) is 12.0 Å². The van der Waals surface area contributed by atoms with E-state index < -0.39 is 0 Å². The van der Waals surface area contributed by atoms with Gasteiger partial charge in [0, 0.05) is 17.5 Å². The predicted octanol–water partition coefficient (Wildman–Crippen LogP) is 3.69. The molecule has 0 unspecified atom stereocenters. The van der Waals surface area contributed by atoms with Crippen LogP contribution in [-0.4, -0.2) is 24.1 Å². The molecule has 15 heavy (non-hydrogen) atoms. The second-order valence-electron chi connectivity index (χ2n) is 5.84. The third-order valence-electron chi connectivity index (χ3n) is 2.99. The molecule has 0 aromatic carbocycles. The van der Waals surface area contributed by atoms with Crippen molar-refractivity contribution in [1.29, 1.82) is 0 Å². The molecule has 0 aliphatic heterocycles. The fourth-order valence-electron chi connectivity index (χ4n) is 1.94. The van der Waals surface area contributed by atoms with Gasteiger partial charge in [0.2, 0.25) is 0 Å². The molecule has 1 aliphatic carbocycles. The van der Waals surface area contributed by atoms with Gasteiger partial charge in [0.1, 0.15) is 0 Å². The summed E-state index contributed by atoms with van der Waals surface area (Å²) in [6.45, 7) is 9.29. The van der Waals surface area contributed by atoms with Crippen molar-refractivity contribution >= 4 is 11.8 Å². The Morgan fingerprint density at radius 1 is 1.13 bits per heavy atom. The molecule has 1 N–H and O–H groups in total. The fourth-order valence-corrected chi connectivity index (χ4v) is 3.20. The largest absolute Gasteiger partial charge is 0.316 e. The second-order valence-corrected chi connectivity index (χ2v) is 7.25. The van der Waals surface area contributed by atoms with Crippen LogP contribution in [0.1, 0.15) is 52.9 Å². The molecule has 1 fully saturated rings. The highest BCUT2D eigenvalue weighted by molar-refractivity contribution is 7.99. The molecule has 0 aromatic heterocycles. The predicted molar refractivity (Wildman–Crippen MR) is 71.7 cm³/mol. The maximum absolute atomic E-state index is 3.55. The third kappa shape index (κ3) is 7.24. The molecule has 0 saturated heterocycles. The molecule has 0 bridgehead atoms. The summed E-state index contributed by atoms with van der Waals surface area (Å²) in [4.78, 5) is 0. The van der Waals surface area contributed by atoms with Gasteiger partial charge in [-0.05, 0) is 31.2 Å². The Morgan fingerprint density at radius 3 is 2.40 bits per heavy atom. The van der Waals surface area contributed by atoms with Crippen LogP contribution in [0.5, 0.6) is 0 Å². The van der Waals surface area contributed by atoms with E-state index in [1.165, 1.54) is 50.9 Å². The molecule has 0 heterocycles. The first-order valence-electron chi connectivity index (χ1n) is 6.40. The van der Waals surface area contributed by atoms with Gasteiger partial charge in [0.05, 0.1) is 0 Å². The van der Waals surface area contributed by atoms with Crippen molar-refractivity contribution in [3.05, 3.63) is 0 Å². The Morgan fingerprint density at radius 2 is 1.80 bits per heavy atom. The summed E-state index contributed by atoms with van der Waals surface area (Å²) < 4.78 is 0. The average Bonchev–Trinajstić information content (AvgIpc) is 2.61. The minimum atomic E-state index is 0.478. The number of rotatable bonds is 6. The highest BCUT2D eigenvalue weighted by Crippen LogP contribution is 2.28. The third-order valence-corrected chi connectivity index (χ3v) is 4.37. The first-order chi connectivity index (χ1) is 7.08. The van der Waals surface area contributed by atoms with Crippen LogP contribution < -0.4 is 5.32 Å². The summed E-state index contributed by atoms with van der Waals surface area (Å²) in [6, 6.07) is 0. The highest BCUT2D eigenvalue weighted by atomic mass is 32.2. The Labute approximate surface area is 99.8 Å². The number of thioether (sulfide) groups is 1. The lowest BCUT2D eigenvalue weighted by molar-refractivity contribution is 0.369. The minimum Gasteiger partial charge on any atom is -0.316 e. The fraction of sp³-hybridized carbons (Fsp3) is 1.00.